The molecule has 0 bridgehead atoms. The van der Waals surface area contributed by atoms with E-state index in [1.54, 1.807) is 7.11 Å². The molecule has 1 saturated heterocycles. The molecule has 1 aliphatic heterocycles. The fraction of sp³-hybridized carbons (Fsp3) is 0.647. The van der Waals surface area contributed by atoms with Crippen molar-refractivity contribution < 1.29 is 9.13 Å². The maximum Gasteiger partial charge on any atom is 0.107 e. The van der Waals surface area contributed by atoms with Crippen molar-refractivity contribution in [3.8, 4) is 0 Å². The van der Waals surface area contributed by atoms with Gasteiger partial charge in [-0.3, -0.25) is 0 Å². The Morgan fingerprint density at radius 3 is 2.09 bits per heavy atom. The monoisotopic (exact) mass is 311 g/mol. The first-order valence-electron chi connectivity index (χ1n) is 7.79. The Kier molecular flexibility index (Phi) is 8.38. The Morgan fingerprint density at radius 2 is 1.68 bits per heavy atom. The van der Waals surface area contributed by atoms with Crippen molar-refractivity contribution in [1.29, 1.82) is 0 Å². The molecule has 5 heteroatoms. The molecule has 0 radical (unpaired) electrons. The van der Waals surface area contributed by atoms with E-state index in [0.717, 1.165) is 18.7 Å². The zero-order chi connectivity index (χ0) is 16.5. The molecular weight excluding hydrogens is 281 g/mol. The van der Waals surface area contributed by atoms with Gasteiger partial charge in [-0.25, -0.2) is 4.39 Å². The molecule has 1 aromatic rings. The minimum absolute atomic E-state index is 0.373. The third-order valence-electron chi connectivity index (χ3n) is 3.51. The minimum Gasteiger partial charge on any atom is -0.375 e. The van der Waals surface area contributed by atoms with Crippen LogP contribution in [0.15, 0.2) is 24.3 Å². The highest BCUT2D eigenvalue weighted by atomic mass is 19.1. The molecular formula is C17H30FN3O. The fourth-order valence-electron chi connectivity index (χ4n) is 2.49. The maximum atomic E-state index is 12.6. The van der Waals surface area contributed by atoms with Crippen molar-refractivity contribution in [2.45, 2.75) is 25.0 Å². The van der Waals surface area contributed by atoms with Gasteiger partial charge in [-0.15, -0.1) is 0 Å². The summed E-state index contributed by atoms with van der Waals surface area (Å²) in [5.41, 5.74) is 7.87. The van der Waals surface area contributed by atoms with Crippen molar-refractivity contribution >= 4 is 5.69 Å². The van der Waals surface area contributed by atoms with Crippen LogP contribution in [0.5, 0.6) is 0 Å². The third kappa shape index (κ3) is 5.91. The van der Waals surface area contributed by atoms with E-state index in [0.29, 0.717) is 0 Å². The van der Waals surface area contributed by atoms with Crippen LogP contribution in [-0.4, -0.2) is 59.0 Å². The van der Waals surface area contributed by atoms with E-state index in [1.165, 1.54) is 18.5 Å². The molecule has 22 heavy (non-hydrogen) atoms. The summed E-state index contributed by atoms with van der Waals surface area (Å²) < 4.78 is 17.9. The number of nitrogens with two attached hydrogens (primary N) is 1. The molecule has 2 N–H and O–H groups in total. The van der Waals surface area contributed by atoms with Gasteiger partial charge in [0.2, 0.25) is 0 Å². The highest BCUT2D eigenvalue weighted by Crippen LogP contribution is 2.25. The molecule has 126 valence electrons. The second-order valence-electron chi connectivity index (χ2n) is 6.10. The van der Waals surface area contributed by atoms with Crippen LogP contribution in [0.1, 0.15) is 24.5 Å². The Hall–Kier alpha value is -1.17. The largest absolute Gasteiger partial charge is 0.375 e. The van der Waals surface area contributed by atoms with E-state index < -0.39 is 12.7 Å². The Balaban J connectivity index is 0.000000541. The molecule has 2 rings (SSSR count). The number of methoxy groups -OCH3 is 1. The molecule has 1 heterocycles. The van der Waals surface area contributed by atoms with Crippen molar-refractivity contribution in [2.75, 3.05) is 52.9 Å². The molecule has 1 fully saturated rings. The summed E-state index contributed by atoms with van der Waals surface area (Å²) in [5.74, 6) is 0. The molecule has 0 amide bonds. The summed E-state index contributed by atoms with van der Waals surface area (Å²) in [6.45, 7) is 1.67. The molecule has 0 spiro atoms. The van der Waals surface area contributed by atoms with E-state index in [2.05, 4.69) is 17.0 Å². The van der Waals surface area contributed by atoms with Gasteiger partial charge in [-0.05, 0) is 51.7 Å². The smallest absolute Gasteiger partial charge is 0.107 e. The van der Waals surface area contributed by atoms with Gasteiger partial charge < -0.3 is 20.3 Å². The maximum absolute atomic E-state index is 12.6. The normalized spacial score (nSPS) is 17.1. The second-order valence-corrected chi connectivity index (χ2v) is 6.10. The van der Waals surface area contributed by atoms with Gasteiger partial charge in [0.05, 0.1) is 12.1 Å². The molecule has 4 nitrogen and oxygen atoms in total. The van der Waals surface area contributed by atoms with E-state index in [-0.39, 0.29) is 6.10 Å². The van der Waals surface area contributed by atoms with E-state index in [1.807, 2.05) is 38.2 Å². The number of nitrogens with zero attached hydrogens (tertiary/aromatic N) is 2. The minimum atomic E-state index is -0.604. The highest BCUT2D eigenvalue weighted by molar-refractivity contribution is 5.48. The molecule has 2 unspecified atom stereocenters. The van der Waals surface area contributed by atoms with Crippen LogP contribution in [0.25, 0.3) is 0 Å². The summed E-state index contributed by atoms with van der Waals surface area (Å²) in [7, 11) is 7.56. The first kappa shape index (κ1) is 18.9. The van der Waals surface area contributed by atoms with Crippen LogP contribution >= 0.6 is 0 Å². The summed E-state index contributed by atoms with van der Waals surface area (Å²) in [6.07, 6.45) is 2.15. The van der Waals surface area contributed by atoms with Crippen LogP contribution in [0.4, 0.5) is 10.1 Å². The summed E-state index contributed by atoms with van der Waals surface area (Å²) in [4.78, 5) is 4.36. The van der Waals surface area contributed by atoms with Crippen molar-refractivity contribution in [3.63, 3.8) is 0 Å². The molecule has 0 aromatic heterocycles. The SMILES string of the molecule is CN(C)C.COC(c1ccc(N2CCCC2)cc1)C(N)CF. The zero-order valence-electron chi connectivity index (χ0n) is 14.3. The summed E-state index contributed by atoms with van der Waals surface area (Å²) in [5, 5.41) is 0. The standard InChI is InChI=1S/C14H21FN2O.C3H9N/c1-18-14(13(16)10-15)11-4-6-12(7-5-11)17-8-2-3-9-17;1-4(2)3/h4-7,13-14H,2-3,8-10,16H2,1H3;1-3H3. The zero-order valence-corrected chi connectivity index (χ0v) is 14.3. The number of rotatable bonds is 5. The second kappa shape index (κ2) is 9.77. The lowest BCUT2D eigenvalue weighted by molar-refractivity contribution is 0.0721. The number of halogens is 1. The van der Waals surface area contributed by atoms with Crippen molar-refractivity contribution in [3.05, 3.63) is 29.8 Å². The molecule has 0 saturated carbocycles. The number of benzene rings is 1. The third-order valence-corrected chi connectivity index (χ3v) is 3.51. The van der Waals surface area contributed by atoms with Gasteiger partial charge in [0, 0.05) is 25.9 Å². The number of hydrogen-bond acceptors (Lipinski definition) is 4. The van der Waals surface area contributed by atoms with E-state index in [9.17, 15) is 4.39 Å². The van der Waals surface area contributed by atoms with Crippen molar-refractivity contribution in [2.24, 2.45) is 5.73 Å². The number of alkyl halides is 1. The lowest BCUT2D eigenvalue weighted by Gasteiger charge is -2.22. The summed E-state index contributed by atoms with van der Waals surface area (Å²) in [6, 6.07) is 7.50. The number of hydrogen-bond donors (Lipinski definition) is 1. The number of anilines is 1. The van der Waals surface area contributed by atoms with Gasteiger partial charge in [0.25, 0.3) is 0 Å². The Morgan fingerprint density at radius 1 is 1.18 bits per heavy atom. The molecule has 2 atom stereocenters. The highest BCUT2D eigenvalue weighted by Gasteiger charge is 2.20. The Bertz CT molecular complexity index is 402. The van der Waals surface area contributed by atoms with Gasteiger partial charge in [-0.1, -0.05) is 12.1 Å². The summed E-state index contributed by atoms with van der Waals surface area (Å²) >= 11 is 0. The van der Waals surface area contributed by atoms with Crippen LogP contribution in [0.3, 0.4) is 0 Å². The number of ether oxygens (including phenoxy) is 1. The average Bonchev–Trinajstić information content (AvgIpc) is 3.02. The average molecular weight is 311 g/mol. The van der Waals surface area contributed by atoms with Crippen LogP contribution in [0.2, 0.25) is 0 Å². The van der Waals surface area contributed by atoms with Crippen molar-refractivity contribution in [1.82, 2.24) is 4.90 Å². The molecule has 1 aromatic carbocycles. The quantitative estimate of drug-likeness (QED) is 0.907. The molecule has 1 aliphatic rings. The topological polar surface area (TPSA) is 41.7 Å². The predicted octanol–water partition coefficient (Wildman–Crippen LogP) is 2.45. The lowest BCUT2D eigenvalue weighted by atomic mass is 10.0. The van der Waals surface area contributed by atoms with Gasteiger partial charge in [-0.2, -0.15) is 0 Å². The van der Waals surface area contributed by atoms with E-state index in [4.69, 9.17) is 10.5 Å². The predicted molar refractivity (Wildman–Crippen MR) is 91.2 cm³/mol. The first-order valence-corrected chi connectivity index (χ1v) is 7.79. The first-order chi connectivity index (χ1) is 10.5. The van der Waals surface area contributed by atoms with Gasteiger partial charge in [0.1, 0.15) is 6.67 Å². The van der Waals surface area contributed by atoms with Crippen LogP contribution in [-0.2, 0) is 4.74 Å². The lowest BCUT2D eigenvalue weighted by Crippen LogP contribution is -2.31. The molecule has 0 aliphatic carbocycles. The van der Waals surface area contributed by atoms with Gasteiger partial charge in [0.15, 0.2) is 0 Å². The fourth-order valence-corrected chi connectivity index (χ4v) is 2.49. The van der Waals surface area contributed by atoms with Gasteiger partial charge >= 0.3 is 0 Å². The van der Waals surface area contributed by atoms with E-state index >= 15 is 0 Å². The Labute approximate surface area is 134 Å². The van der Waals surface area contributed by atoms with Crippen LogP contribution in [0, 0.1) is 0 Å². The van der Waals surface area contributed by atoms with Crippen LogP contribution < -0.4 is 10.6 Å².